The van der Waals surface area contributed by atoms with Crippen LogP contribution in [0.1, 0.15) is 34.3 Å². The van der Waals surface area contributed by atoms with Gasteiger partial charge in [0.25, 0.3) is 5.91 Å². The molecule has 27 heavy (non-hydrogen) atoms. The van der Waals surface area contributed by atoms with Crippen molar-refractivity contribution in [1.29, 1.82) is 0 Å². The molecule has 0 aliphatic heterocycles. The molecule has 2 amide bonds. The van der Waals surface area contributed by atoms with E-state index in [1.807, 2.05) is 30.3 Å². The summed E-state index contributed by atoms with van der Waals surface area (Å²) in [6.07, 6.45) is 1.78. The molecule has 1 aliphatic carbocycles. The van der Waals surface area contributed by atoms with Gasteiger partial charge in [0.15, 0.2) is 0 Å². The molecular weight excluding hydrogens is 366 g/mol. The molecule has 0 atom stereocenters. The third kappa shape index (κ3) is 5.15. The van der Waals surface area contributed by atoms with E-state index in [2.05, 4.69) is 15.6 Å². The van der Waals surface area contributed by atoms with Crippen LogP contribution >= 0.6 is 0 Å². The molecule has 0 saturated heterocycles. The zero-order valence-electron chi connectivity index (χ0n) is 14.9. The van der Waals surface area contributed by atoms with Gasteiger partial charge < -0.3 is 0 Å². The minimum atomic E-state index is -3.66. The number of amides is 2. The Morgan fingerprint density at radius 3 is 2.41 bits per heavy atom. The van der Waals surface area contributed by atoms with Crippen LogP contribution in [0.5, 0.6) is 0 Å². The summed E-state index contributed by atoms with van der Waals surface area (Å²) >= 11 is 0. The Labute approximate surface area is 158 Å². The zero-order chi connectivity index (χ0) is 19.4. The molecule has 142 valence electrons. The smallest absolute Gasteiger partial charge is 0.269 e. The average Bonchev–Trinajstić information content (AvgIpc) is 3.44. The van der Waals surface area contributed by atoms with Crippen LogP contribution < -0.4 is 15.6 Å². The number of sulfonamides is 1. The summed E-state index contributed by atoms with van der Waals surface area (Å²) in [5.74, 6) is -0.941. The van der Waals surface area contributed by atoms with Crippen molar-refractivity contribution in [2.75, 3.05) is 0 Å². The van der Waals surface area contributed by atoms with Crippen LogP contribution in [0.4, 0.5) is 0 Å². The summed E-state index contributed by atoms with van der Waals surface area (Å²) in [5.41, 5.74) is 6.31. The lowest BCUT2D eigenvalue weighted by Crippen LogP contribution is -2.42. The second-order valence-electron chi connectivity index (χ2n) is 6.54. The molecule has 7 nitrogen and oxygen atoms in total. The van der Waals surface area contributed by atoms with Gasteiger partial charge in [-0.25, -0.2) is 13.1 Å². The maximum Gasteiger partial charge on any atom is 0.269 e. The van der Waals surface area contributed by atoms with Crippen molar-refractivity contribution in [3.05, 3.63) is 65.2 Å². The third-order valence-corrected chi connectivity index (χ3v) is 5.70. The first-order valence-corrected chi connectivity index (χ1v) is 10.1. The zero-order valence-corrected chi connectivity index (χ0v) is 15.7. The lowest BCUT2D eigenvalue weighted by Gasteiger charge is -2.11. The van der Waals surface area contributed by atoms with Gasteiger partial charge in [-0.1, -0.05) is 36.4 Å². The first-order chi connectivity index (χ1) is 12.8. The van der Waals surface area contributed by atoms with Crippen molar-refractivity contribution in [3.63, 3.8) is 0 Å². The second kappa shape index (κ2) is 7.89. The summed E-state index contributed by atoms with van der Waals surface area (Å²) in [6, 6.07) is 13.5. The molecule has 3 N–H and O–H groups in total. The highest BCUT2D eigenvalue weighted by Gasteiger charge is 2.28. The van der Waals surface area contributed by atoms with Crippen molar-refractivity contribution in [3.8, 4) is 0 Å². The van der Waals surface area contributed by atoms with Crippen LogP contribution in [0.25, 0.3) is 0 Å². The molecule has 2 aromatic carbocycles. The Morgan fingerprint density at radius 1 is 1.04 bits per heavy atom. The Kier molecular flexibility index (Phi) is 5.57. The fourth-order valence-corrected chi connectivity index (χ4v) is 3.85. The summed E-state index contributed by atoms with van der Waals surface area (Å²) < 4.78 is 27.2. The number of hydrogen-bond donors (Lipinski definition) is 3. The molecule has 0 heterocycles. The molecule has 1 saturated carbocycles. The van der Waals surface area contributed by atoms with E-state index < -0.39 is 15.9 Å². The van der Waals surface area contributed by atoms with Crippen molar-refractivity contribution < 1.29 is 18.0 Å². The molecule has 0 aromatic heterocycles. The van der Waals surface area contributed by atoms with E-state index in [4.69, 9.17) is 0 Å². The van der Waals surface area contributed by atoms with Crippen molar-refractivity contribution >= 4 is 21.8 Å². The van der Waals surface area contributed by atoms with Gasteiger partial charge in [0.05, 0.1) is 11.3 Å². The van der Waals surface area contributed by atoms with Gasteiger partial charge in [-0.3, -0.25) is 20.4 Å². The Morgan fingerprint density at radius 2 is 1.74 bits per heavy atom. The summed E-state index contributed by atoms with van der Waals surface area (Å²) in [5, 5.41) is 0. The third-order valence-electron chi connectivity index (χ3n) is 4.19. The number of carbonyl (C=O) groups is 2. The fraction of sp³-hybridized carbons (Fsp3) is 0.263. The maximum absolute atomic E-state index is 12.4. The fourth-order valence-electron chi connectivity index (χ4n) is 2.52. The van der Waals surface area contributed by atoms with Gasteiger partial charge in [-0.2, -0.15) is 0 Å². The Hall–Kier alpha value is -2.71. The van der Waals surface area contributed by atoms with Crippen LogP contribution in [0.15, 0.2) is 53.4 Å². The van der Waals surface area contributed by atoms with E-state index in [-0.39, 0.29) is 28.8 Å². The first-order valence-electron chi connectivity index (χ1n) is 8.61. The molecule has 1 fully saturated rings. The van der Waals surface area contributed by atoms with Gasteiger partial charge in [0.2, 0.25) is 15.9 Å². The standard InChI is InChI=1S/C19H21N3O4S/c1-13-7-10-16(27(25,26)22-15-8-9-15)12-17(13)19(24)21-20-18(23)11-14-5-3-2-4-6-14/h2-7,10,12,15,22H,8-9,11H2,1H3,(H,20,23)(H,21,24). The monoisotopic (exact) mass is 387 g/mol. The second-order valence-corrected chi connectivity index (χ2v) is 8.25. The number of hydrogen-bond acceptors (Lipinski definition) is 4. The quantitative estimate of drug-likeness (QED) is 0.653. The van der Waals surface area contributed by atoms with E-state index >= 15 is 0 Å². The Balaban J connectivity index is 1.65. The number of rotatable bonds is 6. The summed E-state index contributed by atoms with van der Waals surface area (Å²) in [6.45, 7) is 1.70. The number of hydrazine groups is 1. The first kappa shape index (κ1) is 19.1. The molecule has 3 rings (SSSR count). The van der Waals surface area contributed by atoms with E-state index in [0.29, 0.717) is 5.56 Å². The maximum atomic E-state index is 12.4. The minimum absolute atomic E-state index is 0.0224. The normalized spacial score (nSPS) is 13.8. The van der Waals surface area contributed by atoms with Crippen molar-refractivity contribution in [1.82, 2.24) is 15.6 Å². The molecule has 0 unspecified atom stereocenters. The molecule has 8 heteroatoms. The predicted octanol–water partition coefficient (Wildman–Crippen LogP) is 1.44. The van der Waals surface area contributed by atoms with Crippen LogP contribution in [0.3, 0.4) is 0 Å². The highest BCUT2D eigenvalue weighted by molar-refractivity contribution is 7.89. The van der Waals surface area contributed by atoms with E-state index in [9.17, 15) is 18.0 Å². The lowest BCUT2D eigenvalue weighted by atomic mass is 10.1. The number of carbonyl (C=O) groups excluding carboxylic acids is 2. The van der Waals surface area contributed by atoms with Crippen LogP contribution in [0, 0.1) is 6.92 Å². The summed E-state index contributed by atoms with van der Waals surface area (Å²) in [7, 11) is -3.66. The SMILES string of the molecule is Cc1ccc(S(=O)(=O)NC2CC2)cc1C(=O)NNC(=O)Cc1ccccc1. The predicted molar refractivity (Wildman–Crippen MR) is 100 cm³/mol. The lowest BCUT2D eigenvalue weighted by molar-refractivity contribution is -0.121. The molecule has 0 bridgehead atoms. The minimum Gasteiger partial charge on any atom is -0.273 e. The molecule has 0 spiro atoms. The average molecular weight is 387 g/mol. The summed E-state index contributed by atoms with van der Waals surface area (Å²) in [4.78, 5) is 24.4. The Bertz CT molecular complexity index is 954. The van der Waals surface area contributed by atoms with Gasteiger partial charge >= 0.3 is 0 Å². The molecule has 1 aliphatic rings. The van der Waals surface area contributed by atoms with Gasteiger partial charge in [0, 0.05) is 11.6 Å². The largest absolute Gasteiger partial charge is 0.273 e. The molecule has 0 radical (unpaired) electrons. The van der Waals surface area contributed by atoms with Gasteiger partial charge in [-0.05, 0) is 43.0 Å². The van der Waals surface area contributed by atoms with E-state index in [0.717, 1.165) is 18.4 Å². The molecule has 2 aromatic rings. The number of benzene rings is 2. The number of aryl methyl sites for hydroxylation is 1. The van der Waals surface area contributed by atoms with Gasteiger partial charge in [0.1, 0.15) is 0 Å². The van der Waals surface area contributed by atoms with Crippen LogP contribution in [0.2, 0.25) is 0 Å². The van der Waals surface area contributed by atoms with Crippen molar-refractivity contribution in [2.24, 2.45) is 0 Å². The number of nitrogens with one attached hydrogen (secondary N) is 3. The van der Waals surface area contributed by atoms with E-state index in [1.54, 1.807) is 13.0 Å². The van der Waals surface area contributed by atoms with Crippen LogP contribution in [-0.4, -0.2) is 26.3 Å². The highest BCUT2D eigenvalue weighted by atomic mass is 32.2. The van der Waals surface area contributed by atoms with Crippen LogP contribution in [-0.2, 0) is 21.2 Å². The van der Waals surface area contributed by atoms with Gasteiger partial charge in [-0.15, -0.1) is 0 Å². The van der Waals surface area contributed by atoms with Crippen molar-refractivity contribution in [2.45, 2.75) is 37.1 Å². The highest BCUT2D eigenvalue weighted by Crippen LogP contribution is 2.23. The van der Waals surface area contributed by atoms with E-state index in [1.165, 1.54) is 12.1 Å². The topological polar surface area (TPSA) is 104 Å². The molecular formula is C19H21N3O4S.